The average molecular weight is 1160 g/mol. The average Bonchev–Trinajstić information content (AvgIpc) is 1.56. The lowest BCUT2D eigenvalue weighted by Crippen LogP contribution is -2.28. The summed E-state index contributed by atoms with van der Waals surface area (Å²) in [6.45, 7) is 0. The molecule has 0 radical (unpaired) electrons. The summed E-state index contributed by atoms with van der Waals surface area (Å²) < 4.78 is 0. The summed E-state index contributed by atoms with van der Waals surface area (Å²) in [7, 11) is 0. The lowest BCUT2D eigenvalue weighted by atomic mass is 9.67. The monoisotopic (exact) mass is 1160 g/mol. The van der Waals surface area contributed by atoms with Crippen LogP contribution in [0.4, 0.5) is 34.1 Å². The van der Waals surface area contributed by atoms with Crippen LogP contribution in [0, 0.1) is 0 Å². The first kappa shape index (κ1) is 54.5. The van der Waals surface area contributed by atoms with E-state index >= 15 is 0 Å². The van der Waals surface area contributed by atoms with Gasteiger partial charge in [0.1, 0.15) is 0 Å². The van der Waals surface area contributed by atoms with Crippen molar-refractivity contribution in [3.8, 4) is 77.9 Å². The van der Waals surface area contributed by atoms with Gasteiger partial charge in [-0.1, -0.05) is 291 Å². The molecule has 0 spiro atoms. The van der Waals surface area contributed by atoms with Crippen molar-refractivity contribution in [1.82, 2.24) is 0 Å². The fourth-order valence-electron chi connectivity index (χ4n) is 14.2. The third-order valence-corrected chi connectivity index (χ3v) is 18.4. The van der Waals surface area contributed by atoms with Crippen molar-refractivity contribution in [1.29, 1.82) is 0 Å². The zero-order valence-corrected chi connectivity index (χ0v) is 50.2. The first-order valence-corrected chi connectivity index (χ1v) is 31.4. The Morgan fingerprint density at radius 1 is 0.176 bits per heavy atom. The molecule has 2 heteroatoms. The Morgan fingerprint density at radius 2 is 0.505 bits per heavy atom. The van der Waals surface area contributed by atoms with Gasteiger partial charge in [-0.3, -0.25) is 0 Å². The maximum absolute atomic E-state index is 2.45. The van der Waals surface area contributed by atoms with Gasteiger partial charge in [-0.25, -0.2) is 0 Å². The second-order valence-corrected chi connectivity index (χ2v) is 23.5. The van der Waals surface area contributed by atoms with Crippen LogP contribution in [0.5, 0.6) is 0 Å². The Kier molecular flexibility index (Phi) is 14.2. The molecule has 1 aliphatic rings. The van der Waals surface area contributed by atoms with E-state index < -0.39 is 5.41 Å². The summed E-state index contributed by atoms with van der Waals surface area (Å²) in [5.41, 5.74) is 27.6. The van der Waals surface area contributed by atoms with Crippen molar-refractivity contribution in [2.45, 2.75) is 5.41 Å². The molecule has 0 fully saturated rings. The van der Waals surface area contributed by atoms with Crippen molar-refractivity contribution in [2.24, 2.45) is 0 Å². The van der Waals surface area contributed by atoms with Crippen LogP contribution in [0.2, 0.25) is 0 Å². The molecule has 91 heavy (non-hydrogen) atoms. The van der Waals surface area contributed by atoms with E-state index in [4.69, 9.17) is 0 Å². The summed E-state index contributed by atoms with van der Waals surface area (Å²) >= 11 is 0. The second-order valence-electron chi connectivity index (χ2n) is 23.5. The molecule has 0 heterocycles. The molecule has 0 unspecified atom stereocenters. The van der Waals surface area contributed by atoms with E-state index in [0.717, 1.165) is 78.6 Å². The molecule has 0 atom stereocenters. The molecule has 0 saturated carbocycles. The fraction of sp³-hybridized carbons (Fsp3) is 0.0112. The summed E-state index contributed by atoms with van der Waals surface area (Å²) in [4.78, 5) is 4.77. The van der Waals surface area contributed by atoms with Crippen molar-refractivity contribution >= 4 is 44.9 Å². The highest BCUT2D eigenvalue weighted by atomic mass is 15.1. The smallest absolute Gasteiger partial charge is 0.0714 e. The molecule has 15 aromatic rings. The number of hydrogen-bond acceptors (Lipinski definition) is 2. The van der Waals surface area contributed by atoms with Gasteiger partial charge in [0, 0.05) is 34.1 Å². The van der Waals surface area contributed by atoms with Gasteiger partial charge in [-0.2, -0.15) is 0 Å². The fourth-order valence-corrected chi connectivity index (χ4v) is 14.2. The highest BCUT2D eigenvalue weighted by Gasteiger charge is 2.46. The van der Waals surface area contributed by atoms with E-state index in [9.17, 15) is 0 Å². The Labute approximate surface area is 533 Å². The third kappa shape index (κ3) is 9.88. The van der Waals surface area contributed by atoms with E-state index in [2.05, 4.69) is 386 Å². The lowest BCUT2D eigenvalue weighted by molar-refractivity contribution is 0.768. The van der Waals surface area contributed by atoms with Gasteiger partial charge in [0.05, 0.1) is 5.41 Å². The molecule has 0 aromatic heterocycles. The van der Waals surface area contributed by atoms with Crippen molar-refractivity contribution < 1.29 is 0 Å². The summed E-state index contributed by atoms with van der Waals surface area (Å²) in [6.07, 6.45) is 0. The van der Waals surface area contributed by atoms with Crippen molar-refractivity contribution in [2.75, 3.05) is 9.80 Å². The van der Waals surface area contributed by atoms with Crippen molar-refractivity contribution in [3.63, 3.8) is 0 Å². The predicted octanol–water partition coefficient (Wildman–Crippen LogP) is 24.1. The molecular formula is C89H62N2. The lowest BCUT2D eigenvalue weighted by Gasteiger charge is -2.35. The number of hydrogen-bond donors (Lipinski definition) is 0. The van der Waals surface area contributed by atoms with E-state index in [-0.39, 0.29) is 0 Å². The topological polar surface area (TPSA) is 6.48 Å². The largest absolute Gasteiger partial charge is 0.311 e. The van der Waals surface area contributed by atoms with Crippen LogP contribution < -0.4 is 9.80 Å². The van der Waals surface area contributed by atoms with Crippen LogP contribution in [-0.4, -0.2) is 0 Å². The molecule has 1 aliphatic carbocycles. The van der Waals surface area contributed by atoms with Crippen LogP contribution in [0.3, 0.4) is 0 Å². The maximum Gasteiger partial charge on any atom is 0.0714 e. The normalized spacial score (nSPS) is 12.0. The quantitative estimate of drug-likeness (QED) is 0.107. The van der Waals surface area contributed by atoms with Crippen LogP contribution in [0.15, 0.2) is 376 Å². The molecule has 0 aliphatic heterocycles. The van der Waals surface area contributed by atoms with E-state index in [1.54, 1.807) is 0 Å². The minimum atomic E-state index is -0.528. The predicted molar refractivity (Wildman–Crippen MR) is 383 cm³/mol. The maximum atomic E-state index is 2.45. The van der Waals surface area contributed by atoms with Gasteiger partial charge in [-0.05, 0) is 196 Å². The highest BCUT2D eigenvalue weighted by molar-refractivity contribution is 6.01. The van der Waals surface area contributed by atoms with Crippen LogP contribution in [0.1, 0.15) is 22.3 Å². The standard InChI is InChI=1S/C89H62N2/c1-7-26-64(27-8-1)83-62-86(68-50-56-75(57-51-68)91(72-38-17-6-18-39-72)76-58-59-82-81-43-23-24-45-87(81)89(88(82)60-76,69-32-11-3-12-33-69)70-34-13-4-14-35-70)84(65-28-9-2-10-29-65)61-85(83)67-48-54-74(55-49-67)90(71-36-15-5-16-37-71)73-52-46-66(47-53-73)78-41-21-22-42-79(78)80-44-25-31-63-30-19-20-40-77(63)80/h1-62H. The minimum Gasteiger partial charge on any atom is -0.311 e. The third-order valence-electron chi connectivity index (χ3n) is 18.4. The van der Waals surface area contributed by atoms with Crippen LogP contribution >= 0.6 is 0 Å². The molecule has 2 nitrogen and oxygen atoms in total. The van der Waals surface area contributed by atoms with Crippen molar-refractivity contribution in [3.05, 3.63) is 398 Å². The Balaban J connectivity index is 0.784. The van der Waals surface area contributed by atoms with Gasteiger partial charge in [0.25, 0.3) is 0 Å². The summed E-state index contributed by atoms with van der Waals surface area (Å²) in [6, 6.07) is 138. The van der Waals surface area contributed by atoms with Crippen LogP contribution in [-0.2, 0) is 5.41 Å². The highest BCUT2D eigenvalue weighted by Crippen LogP contribution is 2.57. The number of anilines is 6. The molecule has 0 bridgehead atoms. The second kappa shape index (κ2) is 23.7. The van der Waals surface area contributed by atoms with Gasteiger partial charge in [-0.15, -0.1) is 0 Å². The number of rotatable bonds is 14. The van der Waals surface area contributed by atoms with Gasteiger partial charge in [0.15, 0.2) is 0 Å². The summed E-state index contributed by atoms with van der Waals surface area (Å²) in [5, 5.41) is 2.49. The molecule has 16 rings (SSSR count). The number of benzene rings is 15. The molecule has 0 N–H and O–H groups in total. The van der Waals surface area contributed by atoms with Gasteiger partial charge < -0.3 is 9.80 Å². The summed E-state index contributed by atoms with van der Waals surface area (Å²) in [5.74, 6) is 0. The molecule has 0 saturated heterocycles. The molecule has 428 valence electrons. The van der Waals surface area contributed by atoms with Gasteiger partial charge >= 0.3 is 0 Å². The zero-order chi connectivity index (χ0) is 60.5. The number of para-hydroxylation sites is 2. The zero-order valence-electron chi connectivity index (χ0n) is 50.2. The minimum absolute atomic E-state index is 0.528. The first-order valence-electron chi connectivity index (χ1n) is 31.4. The molecular weight excluding hydrogens is 1100 g/mol. The Bertz CT molecular complexity index is 5000. The Hall–Kier alpha value is -11.8. The van der Waals surface area contributed by atoms with E-state index in [0.29, 0.717) is 0 Å². The Morgan fingerprint density at radius 3 is 1.01 bits per heavy atom. The van der Waals surface area contributed by atoms with E-state index in [1.165, 1.54) is 66.4 Å². The molecule has 15 aromatic carbocycles. The number of fused-ring (bicyclic) bond motifs is 4. The first-order chi connectivity index (χ1) is 45.2. The van der Waals surface area contributed by atoms with E-state index in [1.807, 2.05) is 0 Å². The number of nitrogens with zero attached hydrogens (tertiary/aromatic N) is 2. The SMILES string of the molecule is c1ccc(-c2cc(-c3ccc(N(c4ccccc4)c4ccc5c(c4)C(c4ccccc4)(c4ccccc4)c4ccccc4-5)cc3)c(-c3ccccc3)cc2-c2ccc(N(c3ccccc3)c3ccc(-c4ccccc4-c4cccc5ccccc45)cc3)cc2)cc1. The van der Waals surface area contributed by atoms with Gasteiger partial charge in [0.2, 0.25) is 0 Å². The van der Waals surface area contributed by atoms with Crippen LogP contribution in [0.25, 0.3) is 88.7 Å². The molecule has 0 amide bonds.